The van der Waals surface area contributed by atoms with E-state index >= 15 is 0 Å². The summed E-state index contributed by atoms with van der Waals surface area (Å²) in [6, 6.07) is 8.60. The normalized spacial score (nSPS) is 11.7. The van der Waals surface area contributed by atoms with Crippen LogP contribution < -0.4 is 10.0 Å². The quantitative estimate of drug-likeness (QED) is 0.819. The maximum atomic E-state index is 12.2. The van der Waals surface area contributed by atoms with Crippen LogP contribution in [0.25, 0.3) is 0 Å². The Morgan fingerprint density at radius 1 is 1.15 bits per heavy atom. The number of aromatic nitrogens is 2. The molecule has 0 aliphatic carbocycles. The van der Waals surface area contributed by atoms with Crippen molar-refractivity contribution in [3.8, 4) is 0 Å². The van der Waals surface area contributed by atoms with Gasteiger partial charge in [0.1, 0.15) is 0 Å². The van der Waals surface area contributed by atoms with E-state index in [1.807, 2.05) is 7.05 Å². The lowest BCUT2D eigenvalue weighted by molar-refractivity contribution is 0.577. The third-order valence-electron chi connectivity index (χ3n) is 2.98. The minimum Gasteiger partial charge on any atom is -0.316 e. The Balaban J connectivity index is 2.08. The molecule has 1 aromatic heterocycles. The molecular weight excluding hydrogens is 276 g/mol. The van der Waals surface area contributed by atoms with Crippen molar-refractivity contribution in [1.82, 2.24) is 19.8 Å². The van der Waals surface area contributed by atoms with Crippen molar-refractivity contribution < 1.29 is 8.42 Å². The molecule has 0 aliphatic heterocycles. The molecule has 0 atom stereocenters. The molecule has 2 aromatic rings. The maximum absolute atomic E-state index is 12.2. The molecule has 0 saturated carbocycles. The van der Waals surface area contributed by atoms with E-state index in [0.717, 1.165) is 11.3 Å². The Bertz CT molecular complexity index is 662. The van der Waals surface area contributed by atoms with E-state index in [4.69, 9.17) is 0 Å². The van der Waals surface area contributed by atoms with E-state index in [1.165, 1.54) is 0 Å². The molecule has 2 rings (SSSR count). The van der Waals surface area contributed by atoms with Crippen LogP contribution in [0.2, 0.25) is 0 Å². The zero-order valence-electron chi connectivity index (χ0n) is 11.5. The number of nitrogens with zero attached hydrogens (tertiary/aromatic N) is 2. The predicted molar refractivity (Wildman–Crippen MR) is 76.4 cm³/mol. The van der Waals surface area contributed by atoms with Crippen molar-refractivity contribution in [2.45, 2.75) is 18.0 Å². The van der Waals surface area contributed by atoms with Crippen molar-refractivity contribution in [2.24, 2.45) is 7.05 Å². The predicted octanol–water partition coefficient (Wildman–Crippen LogP) is 0.618. The van der Waals surface area contributed by atoms with Crippen LogP contribution in [0.1, 0.15) is 11.3 Å². The second-order valence-electron chi connectivity index (χ2n) is 4.44. The van der Waals surface area contributed by atoms with Crippen molar-refractivity contribution in [3.05, 3.63) is 47.8 Å². The number of hydrogen-bond donors (Lipinski definition) is 2. The fourth-order valence-electron chi connectivity index (χ4n) is 1.82. The van der Waals surface area contributed by atoms with Crippen molar-refractivity contribution in [1.29, 1.82) is 0 Å². The molecule has 0 amide bonds. The number of nitrogens with one attached hydrogen (secondary N) is 2. The summed E-state index contributed by atoms with van der Waals surface area (Å²) >= 11 is 0. The topological polar surface area (TPSA) is 76.0 Å². The zero-order valence-corrected chi connectivity index (χ0v) is 12.3. The van der Waals surface area contributed by atoms with Gasteiger partial charge in [-0.05, 0) is 30.8 Å². The highest BCUT2D eigenvalue weighted by Gasteiger charge is 2.14. The SMILES string of the molecule is CNCc1ccc(S(=O)(=O)NCc2ccnn2C)cc1. The van der Waals surface area contributed by atoms with Crippen LogP contribution in [-0.4, -0.2) is 25.2 Å². The van der Waals surface area contributed by atoms with Gasteiger partial charge >= 0.3 is 0 Å². The van der Waals surface area contributed by atoms with Crippen LogP contribution in [0.4, 0.5) is 0 Å². The first-order chi connectivity index (χ1) is 9.53. The van der Waals surface area contributed by atoms with Gasteiger partial charge in [0.2, 0.25) is 10.0 Å². The van der Waals surface area contributed by atoms with Crippen LogP contribution in [0, 0.1) is 0 Å². The van der Waals surface area contributed by atoms with Gasteiger partial charge in [0, 0.05) is 19.8 Å². The Hall–Kier alpha value is -1.70. The van der Waals surface area contributed by atoms with Crippen LogP contribution in [0.3, 0.4) is 0 Å². The Morgan fingerprint density at radius 2 is 1.85 bits per heavy atom. The molecule has 0 fully saturated rings. The fraction of sp³-hybridized carbons (Fsp3) is 0.308. The van der Waals surface area contributed by atoms with Crippen LogP contribution in [0.5, 0.6) is 0 Å². The molecule has 2 N–H and O–H groups in total. The van der Waals surface area contributed by atoms with E-state index in [1.54, 1.807) is 48.3 Å². The molecule has 0 bridgehead atoms. The monoisotopic (exact) mass is 294 g/mol. The summed E-state index contributed by atoms with van der Waals surface area (Å²) in [7, 11) is 0.125. The summed E-state index contributed by atoms with van der Waals surface area (Å²) in [6.07, 6.45) is 1.64. The van der Waals surface area contributed by atoms with Crippen LogP contribution in [-0.2, 0) is 30.2 Å². The molecule has 0 radical (unpaired) electrons. The Labute approximate surface area is 118 Å². The molecule has 1 heterocycles. The molecule has 0 saturated heterocycles. The van der Waals surface area contributed by atoms with Gasteiger partial charge in [0.15, 0.2) is 0 Å². The smallest absolute Gasteiger partial charge is 0.240 e. The highest BCUT2D eigenvalue weighted by atomic mass is 32.2. The van der Waals surface area contributed by atoms with Gasteiger partial charge < -0.3 is 5.32 Å². The average molecular weight is 294 g/mol. The van der Waals surface area contributed by atoms with Crippen LogP contribution in [0.15, 0.2) is 41.4 Å². The molecule has 1 aromatic carbocycles. The van der Waals surface area contributed by atoms with Gasteiger partial charge in [-0.25, -0.2) is 13.1 Å². The van der Waals surface area contributed by atoms with Gasteiger partial charge in [0.25, 0.3) is 0 Å². The molecule has 6 nitrogen and oxygen atoms in total. The van der Waals surface area contributed by atoms with E-state index in [9.17, 15) is 8.42 Å². The second-order valence-corrected chi connectivity index (χ2v) is 6.21. The highest BCUT2D eigenvalue weighted by molar-refractivity contribution is 7.89. The first-order valence-corrected chi connectivity index (χ1v) is 7.71. The molecule has 0 aliphatic rings. The molecule has 0 spiro atoms. The van der Waals surface area contributed by atoms with Gasteiger partial charge in [-0.2, -0.15) is 5.10 Å². The molecule has 0 unspecified atom stereocenters. The molecule has 7 heteroatoms. The second kappa shape index (κ2) is 6.17. The van der Waals surface area contributed by atoms with E-state index in [2.05, 4.69) is 15.1 Å². The minimum atomic E-state index is -3.50. The van der Waals surface area contributed by atoms with Gasteiger partial charge in [-0.1, -0.05) is 12.1 Å². The molecule has 108 valence electrons. The average Bonchev–Trinajstić information content (AvgIpc) is 2.83. The Kier molecular flexibility index (Phi) is 4.53. The number of aryl methyl sites for hydroxylation is 1. The van der Waals surface area contributed by atoms with Crippen molar-refractivity contribution >= 4 is 10.0 Å². The number of benzene rings is 1. The summed E-state index contributed by atoms with van der Waals surface area (Å²) in [5, 5.41) is 7.01. The van der Waals surface area contributed by atoms with E-state index < -0.39 is 10.0 Å². The summed E-state index contributed by atoms with van der Waals surface area (Å²) in [4.78, 5) is 0.263. The van der Waals surface area contributed by atoms with Crippen molar-refractivity contribution in [2.75, 3.05) is 7.05 Å². The Morgan fingerprint density at radius 3 is 2.40 bits per heavy atom. The van der Waals surface area contributed by atoms with Crippen LogP contribution >= 0.6 is 0 Å². The largest absolute Gasteiger partial charge is 0.316 e. The number of rotatable bonds is 6. The first kappa shape index (κ1) is 14.7. The third-order valence-corrected chi connectivity index (χ3v) is 4.40. The van der Waals surface area contributed by atoms with Crippen molar-refractivity contribution in [3.63, 3.8) is 0 Å². The fourth-order valence-corrected chi connectivity index (χ4v) is 2.82. The third kappa shape index (κ3) is 3.44. The minimum absolute atomic E-state index is 0.219. The lowest BCUT2D eigenvalue weighted by Gasteiger charge is -2.08. The van der Waals surface area contributed by atoms with Gasteiger partial charge in [-0.3, -0.25) is 4.68 Å². The number of sulfonamides is 1. The molecule has 20 heavy (non-hydrogen) atoms. The lowest BCUT2D eigenvalue weighted by atomic mass is 10.2. The van der Waals surface area contributed by atoms with Gasteiger partial charge in [0.05, 0.1) is 17.1 Å². The standard InChI is InChI=1S/C13H18N4O2S/c1-14-9-11-3-5-13(6-4-11)20(18,19)16-10-12-7-8-15-17(12)2/h3-8,14,16H,9-10H2,1-2H3. The van der Waals surface area contributed by atoms with E-state index in [-0.39, 0.29) is 11.4 Å². The first-order valence-electron chi connectivity index (χ1n) is 6.23. The summed E-state index contributed by atoms with van der Waals surface area (Å²) in [5.41, 5.74) is 1.85. The molecular formula is C13H18N4O2S. The van der Waals surface area contributed by atoms with Gasteiger partial charge in [-0.15, -0.1) is 0 Å². The van der Waals surface area contributed by atoms with E-state index in [0.29, 0.717) is 6.54 Å². The zero-order chi connectivity index (χ0) is 14.6. The highest BCUT2D eigenvalue weighted by Crippen LogP contribution is 2.11. The summed E-state index contributed by atoms with van der Waals surface area (Å²) in [6.45, 7) is 0.930. The summed E-state index contributed by atoms with van der Waals surface area (Å²) in [5.74, 6) is 0. The lowest BCUT2D eigenvalue weighted by Crippen LogP contribution is -2.24. The summed E-state index contributed by atoms with van der Waals surface area (Å²) < 4.78 is 28.5. The number of hydrogen-bond acceptors (Lipinski definition) is 4. The maximum Gasteiger partial charge on any atom is 0.240 e.